The molecule has 0 radical (unpaired) electrons. The molecular formula is C20H26O4. The van der Waals surface area contributed by atoms with Gasteiger partial charge < -0.3 is 19.7 Å². The molecule has 1 saturated heterocycles. The topological polar surface area (TPSA) is 58.9 Å². The van der Waals surface area contributed by atoms with Gasteiger partial charge in [-0.15, -0.1) is 0 Å². The van der Waals surface area contributed by atoms with Gasteiger partial charge >= 0.3 is 0 Å². The molecule has 2 rings (SSSR count). The zero-order valence-corrected chi connectivity index (χ0v) is 14.3. The second-order valence-corrected chi connectivity index (χ2v) is 6.14. The van der Waals surface area contributed by atoms with Crippen LogP contribution < -0.4 is 0 Å². The van der Waals surface area contributed by atoms with E-state index < -0.39 is 5.60 Å². The van der Waals surface area contributed by atoms with Crippen molar-refractivity contribution in [1.82, 2.24) is 0 Å². The molecule has 1 heterocycles. The van der Waals surface area contributed by atoms with Crippen molar-refractivity contribution in [1.29, 1.82) is 0 Å². The van der Waals surface area contributed by atoms with E-state index >= 15 is 0 Å². The Morgan fingerprint density at radius 1 is 1.46 bits per heavy atom. The lowest BCUT2D eigenvalue weighted by Gasteiger charge is -2.22. The Balaban J connectivity index is 1.86. The van der Waals surface area contributed by atoms with Crippen LogP contribution in [0.1, 0.15) is 45.4 Å². The third-order valence-electron chi connectivity index (χ3n) is 4.20. The number of rotatable bonds is 4. The smallest absolute Gasteiger partial charge is 0.157 e. The van der Waals surface area contributed by atoms with Crippen LogP contribution in [0.3, 0.4) is 0 Å². The molecule has 4 nitrogen and oxygen atoms in total. The average molecular weight is 330 g/mol. The van der Waals surface area contributed by atoms with E-state index in [4.69, 9.17) is 14.6 Å². The number of hydrogen-bond donors (Lipinski definition) is 2. The Morgan fingerprint density at radius 3 is 3.08 bits per heavy atom. The summed E-state index contributed by atoms with van der Waals surface area (Å²) in [5, 5.41) is 19.3. The maximum Gasteiger partial charge on any atom is 0.157 e. The van der Waals surface area contributed by atoms with Crippen LogP contribution in [0.5, 0.6) is 0 Å². The Bertz CT molecular complexity index is 591. The van der Waals surface area contributed by atoms with Gasteiger partial charge in [0, 0.05) is 18.6 Å². The highest BCUT2D eigenvalue weighted by Crippen LogP contribution is 2.32. The van der Waals surface area contributed by atoms with E-state index in [9.17, 15) is 5.11 Å². The first kappa shape index (κ1) is 18.8. The van der Waals surface area contributed by atoms with Gasteiger partial charge in [-0.25, -0.2) is 0 Å². The van der Waals surface area contributed by atoms with Crippen molar-refractivity contribution in [3.05, 3.63) is 23.3 Å². The summed E-state index contributed by atoms with van der Waals surface area (Å²) in [5.74, 6) is 11.5. The number of allylic oxidation sites excluding steroid dienone is 2. The normalized spacial score (nSPS) is 26.9. The van der Waals surface area contributed by atoms with Gasteiger partial charge in [-0.2, -0.15) is 0 Å². The van der Waals surface area contributed by atoms with E-state index in [0.717, 1.165) is 43.4 Å². The minimum atomic E-state index is -0.984. The molecule has 0 aromatic carbocycles. The van der Waals surface area contributed by atoms with Crippen molar-refractivity contribution in [2.75, 3.05) is 19.8 Å². The van der Waals surface area contributed by atoms with E-state index in [1.54, 1.807) is 0 Å². The molecule has 0 spiro atoms. The van der Waals surface area contributed by atoms with Gasteiger partial charge in [0.1, 0.15) is 12.2 Å². The fourth-order valence-electron chi connectivity index (χ4n) is 2.74. The van der Waals surface area contributed by atoms with Gasteiger partial charge in [0.2, 0.25) is 0 Å². The molecule has 1 fully saturated rings. The Kier molecular flexibility index (Phi) is 7.56. The highest BCUT2D eigenvalue weighted by molar-refractivity contribution is 5.44. The summed E-state index contributed by atoms with van der Waals surface area (Å²) in [6.07, 6.45) is 8.75. The lowest BCUT2D eigenvalue weighted by Crippen LogP contribution is -2.26. The van der Waals surface area contributed by atoms with Gasteiger partial charge in [0.25, 0.3) is 0 Å². The molecule has 0 aromatic rings. The first-order valence-corrected chi connectivity index (χ1v) is 8.55. The second-order valence-electron chi connectivity index (χ2n) is 6.14. The molecule has 130 valence electrons. The van der Waals surface area contributed by atoms with Crippen LogP contribution in [0, 0.1) is 23.7 Å². The van der Waals surface area contributed by atoms with Crippen LogP contribution in [0.15, 0.2) is 23.3 Å². The number of ether oxygens (including phenoxy) is 2. The van der Waals surface area contributed by atoms with Gasteiger partial charge in [-0.1, -0.05) is 29.8 Å². The van der Waals surface area contributed by atoms with Crippen molar-refractivity contribution < 1.29 is 19.7 Å². The SMILES string of the molecule is CC(C#CC1=CCCC1(O)CC#CCO)=CCOC1CCCCO1. The molecule has 1 aliphatic carbocycles. The number of aliphatic hydroxyl groups excluding tert-OH is 1. The Labute approximate surface area is 144 Å². The lowest BCUT2D eigenvalue weighted by atomic mass is 9.92. The van der Waals surface area contributed by atoms with E-state index in [0.29, 0.717) is 19.4 Å². The zero-order chi connectivity index (χ0) is 17.3. The summed E-state index contributed by atoms with van der Waals surface area (Å²) in [7, 11) is 0. The quantitative estimate of drug-likeness (QED) is 0.777. The molecular weight excluding hydrogens is 304 g/mol. The molecule has 2 atom stereocenters. The van der Waals surface area contributed by atoms with Crippen LogP contribution in [-0.2, 0) is 9.47 Å². The van der Waals surface area contributed by atoms with Gasteiger partial charge in [-0.3, -0.25) is 0 Å². The van der Waals surface area contributed by atoms with Crippen LogP contribution >= 0.6 is 0 Å². The first-order valence-electron chi connectivity index (χ1n) is 8.55. The first-order chi connectivity index (χ1) is 11.6. The molecule has 0 bridgehead atoms. The van der Waals surface area contributed by atoms with Crippen molar-refractivity contribution >= 4 is 0 Å². The molecule has 4 heteroatoms. The fourth-order valence-corrected chi connectivity index (χ4v) is 2.74. The third kappa shape index (κ3) is 5.82. The third-order valence-corrected chi connectivity index (χ3v) is 4.20. The summed E-state index contributed by atoms with van der Waals surface area (Å²) >= 11 is 0. The highest BCUT2D eigenvalue weighted by Gasteiger charge is 2.33. The number of aliphatic hydroxyl groups is 2. The monoisotopic (exact) mass is 330 g/mol. The fraction of sp³-hybridized carbons (Fsp3) is 0.600. The van der Waals surface area contributed by atoms with Crippen molar-refractivity contribution in [2.45, 2.75) is 57.3 Å². The zero-order valence-electron chi connectivity index (χ0n) is 14.3. The maximum absolute atomic E-state index is 10.6. The molecule has 2 N–H and O–H groups in total. The second kappa shape index (κ2) is 9.67. The predicted molar refractivity (Wildman–Crippen MR) is 92.8 cm³/mol. The van der Waals surface area contributed by atoms with Gasteiger partial charge in [-0.05, 0) is 50.7 Å². The van der Waals surface area contributed by atoms with Gasteiger partial charge in [0.05, 0.1) is 6.61 Å². The maximum atomic E-state index is 10.6. The molecule has 2 unspecified atom stereocenters. The average Bonchev–Trinajstić information content (AvgIpc) is 2.95. The van der Waals surface area contributed by atoms with E-state index in [-0.39, 0.29) is 12.9 Å². The predicted octanol–water partition coefficient (Wildman–Crippen LogP) is 2.32. The summed E-state index contributed by atoms with van der Waals surface area (Å²) in [6, 6.07) is 0. The molecule has 0 amide bonds. The Morgan fingerprint density at radius 2 is 2.33 bits per heavy atom. The molecule has 0 aromatic heterocycles. The van der Waals surface area contributed by atoms with Crippen LogP contribution in [0.2, 0.25) is 0 Å². The molecule has 1 aliphatic heterocycles. The van der Waals surface area contributed by atoms with Crippen LogP contribution in [-0.4, -0.2) is 41.9 Å². The largest absolute Gasteiger partial charge is 0.384 e. The lowest BCUT2D eigenvalue weighted by molar-refractivity contribution is -0.155. The summed E-state index contributed by atoms with van der Waals surface area (Å²) in [5.41, 5.74) is 0.642. The van der Waals surface area contributed by atoms with E-state index in [1.165, 1.54) is 0 Å². The highest BCUT2D eigenvalue weighted by atomic mass is 16.7. The standard InChI is InChI=1S/C20H26O4/c1-17(11-16-24-19-8-2-5-15-23-19)9-10-18-7-6-13-20(18,22)12-3-4-14-21/h7,11,19,21-22H,2,5-6,8,12-16H2,1H3. The minimum absolute atomic E-state index is 0.0940. The van der Waals surface area contributed by atoms with E-state index in [2.05, 4.69) is 23.7 Å². The summed E-state index contributed by atoms with van der Waals surface area (Å²) in [4.78, 5) is 0. The van der Waals surface area contributed by atoms with E-state index in [1.807, 2.05) is 19.1 Å². The van der Waals surface area contributed by atoms with Gasteiger partial charge in [0.15, 0.2) is 6.29 Å². The Hall–Kier alpha value is -1.56. The van der Waals surface area contributed by atoms with Crippen LogP contribution in [0.25, 0.3) is 0 Å². The molecule has 2 aliphatic rings. The van der Waals surface area contributed by atoms with Crippen molar-refractivity contribution in [3.63, 3.8) is 0 Å². The van der Waals surface area contributed by atoms with Crippen molar-refractivity contribution in [2.24, 2.45) is 0 Å². The summed E-state index contributed by atoms with van der Waals surface area (Å²) in [6.45, 7) is 3.00. The van der Waals surface area contributed by atoms with Crippen LogP contribution in [0.4, 0.5) is 0 Å². The minimum Gasteiger partial charge on any atom is -0.384 e. The molecule has 24 heavy (non-hydrogen) atoms. The molecule has 0 saturated carbocycles. The van der Waals surface area contributed by atoms with Crippen molar-refractivity contribution in [3.8, 4) is 23.7 Å². The number of hydrogen-bond acceptors (Lipinski definition) is 4. The summed E-state index contributed by atoms with van der Waals surface area (Å²) < 4.78 is 11.2.